The third-order valence-corrected chi connectivity index (χ3v) is 2.70. The van der Waals surface area contributed by atoms with Crippen LogP contribution in [0.15, 0.2) is 4.99 Å². The largest absolute Gasteiger partial charge is 0.382 e. The molecule has 3 amide bonds. The van der Waals surface area contributed by atoms with Crippen LogP contribution in [0.5, 0.6) is 0 Å². The molecule has 0 bridgehead atoms. The average Bonchev–Trinajstić information content (AvgIpc) is 2.48. The number of hydrogen-bond donors (Lipinski definition) is 4. The topological polar surface area (TPSA) is 138 Å². The smallest absolute Gasteiger partial charge is 0.316 e. The van der Waals surface area contributed by atoms with Crippen LogP contribution in [0.25, 0.3) is 0 Å². The van der Waals surface area contributed by atoms with Crippen LogP contribution in [0, 0.1) is 0 Å². The van der Waals surface area contributed by atoms with Gasteiger partial charge in [0.15, 0.2) is 22.5 Å². The summed E-state index contributed by atoms with van der Waals surface area (Å²) in [6.07, 6.45) is 1.13. The molecule has 11 heteroatoms. The summed E-state index contributed by atoms with van der Waals surface area (Å²) in [6, 6.07) is -0.333. The third kappa shape index (κ3) is 5.58. The van der Waals surface area contributed by atoms with Crippen molar-refractivity contribution in [2.24, 2.45) is 4.99 Å². The highest BCUT2D eigenvalue weighted by atomic mass is 35.5. The van der Waals surface area contributed by atoms with Crippen LogP contribution in [0.1, 0.15) is 17.4 Å². The van der Waals surface area contributed by atoms with Gasteiger partial charge >= 0.3 is 11.9 Å². The van der Waals surface area contributed by atoms with Gasteiger partial charge in [-0.1, -0.05) is 11.6 Å². The molecule has 1 aromatic heterocycles. The normalized spacial score (nSPS) is 10.4. The molecule has 23 heavy (non-hydrogen) atoms. The molecule has 1 aromatic rings. The first-order valence-corrected chi connectivity index (χ1v) is 7.06. The van der Waals surface area contributed by atoms with Crippen molar-refractivity contribution in [1.29, 1.82) is 0 Å². The van der Waals surface area contributed by atoms with E-state index in [0.717, 1.165) is 6.34 Å². The Morgan fingerprint density at radius 3 is 2.65 bits per heavy atom. The van der Waals surface area contributed by atoms with E-state index in [1.54, 1.807) is 25.9 Å². The SMILES string of the molecule is CCNC(=O)NCNC=NC(=O)c1nc(Cl)c(N(C)C)nc1N. The number of hydrogen-bond acceptors (Lipinski definition) is 6. The highest BCUT2D eigenvalue weighted by molar-refractivity contribution is 6.32. The van der Waals surface area contributed by atoms with Crippen LogP contribution in [0.3, 0.4) is 0 Å². The average molecular weight is 343 g/mol. The van der Waals surface area contributed by atoms with Crippen molar-refractivity contribution in [2.75, 3.05) is 37.9 Å². The maximum atomic E-state index is 11.9. The predicted octanol–water partition coefficient (Wildman–Crippen LogP) is -0.187. The lowest BCUT2D eigenvalue weighted by Crippen LogP contribution is -2.40. The number of aliphatic imine (C=N–C) groups is 1. The Bertz CT molecular complexity index is 605. The second kappa shape index (κ2) is 8.73. The molecule has 1 heterocycles. The maximum Gasteiger partial charge on any atom is 0.316 e. The highest BCUT2D eigenvalue weighted by Crippen LogP contribution is 2.22. The second-order valence-corrected chi connectivity index (χ2v) is 4.80. The standard InChI is InChI=1S/C12H19ClN8O2/c1-4-16-12(23)18-6-15-5-17-11(22)7-9(14)20-10(21(2)3)8(13)19-7/h5H,4,6H2,1-3H3,(H2,14,20)(H,15,17,22)(H2,16,18,23). The number of urea groups is 1. The van der Waals surface area contributed by atoms with Crippen LogP contribution in [0.4, 0.5) is 16.4 Å². The summed E-state index contributed by atoms with van der Waals surface area (Å²) in [4.78, 5) is 36.2. The minimum atomic E-state index is -0.701. The van der Waals surface area contributed by atoms with Crippen molar-refractivity contribution in [3.05, 3.63) is 10.8 Å². The van der Waals surface area contributed by atoms with Crippen molar-refractivity contribution in [1.82, 2.24) is 25.9 Å². The van der Waals surface area contributed by atoms with Gasteiger partial charge in [0.05, 0.1) is 13.0 Å². The monoisotopic (exact) mass is 342 g/mol. The van der Waals surface area contributed by atoms with E-state index in [1.165, 1.54) is 0 Å². The van der Waals surface area contributed by atoms with Crippen molar-refractivity contribution >= 4 is 41.5 Å². The summed E-state index contributed by atoms with van der Waals surface area (Å²) < 4.78 is 0. The van der Waals surface area contributed by atoms with Gasteiger partial charge in [0.25, 0.3) is 0 Å². The molecule has 0 atom stereocenters. The first-order valence-electron chi connectivity index (χ1n) is 6.69. The number of carbonyl (C=O) groups excluding carboxylic acids is 2. The summed E-state index contributed by atoms with van der Waals surface area (Å²) in [5, 5.41) is 7.71. The van der Waals surface area contributed by atoms with E-state index in [2.05, 4.69) is 30.9 Å². The molecule has 0 fully saturated rings. The lowest BCUT2D eigenvalue weighted by molar-refractivity contribution is 0.0999. The summed E-state index contributed by atoms with van der Waals surface area (Å²) in [7, 11) is 3.45. The Morgan fingerprint density at radius 2 is 2.04 bits per heavy atom. The summed E-state index contributed by atoms with van der Waals surface area (Å²) in [5.41, 5.74) is 5.55. The minimum Gasteiger partial charge on any atom is -0.382 e. The van der Waals surface area contributed by atoms with Crippen molar-refractivity contribution < 1.29 is 9.59 Å². The Hall–Kier alpha value is -2.62. The summed E-state index contributed by atoms with van der Waals surface area (Å²) in [6.45, 7) is 2.41. The predicted molar refractivity (Wildman–Crippen MR) is 88.8 cm³/mol. The number of amides is 3. The van der Waals surface area contributed by atoms with Gasteiger partial charge in [-0.15, -0.1) is 0 Å². The fraction of sp³-hybridized carbons (Fsp3) is 0.417. The van der Waals surface area contributed by atoms with Gasteiger partial charge in [0.2, 0.25) is 0 Å². The molecule has 0 saturated heterocycles. The van der Waals surface area contributed by atoms with Crippen LogP contribution >= 0.6 is 11.6 Å². The number of nitrogens with one attached hydrogen (secondary N) is 3. The van der Waals surface area contributed by atoms with Gasteiger partial charge in [0, 0.05) is 20.6 Å². The van der Waals surface area contributed by atoms with Crippen molar-refractivity contribution in [3.63, 3.8) is 0 Å². The molecule has 0 saturated carbocycles. The number of carbonyl (C=O) groups is 2. The van der Waals surface area contributed by atoms with Gasteiger partial charge in [0.1, 0.15) is 0 Å². The maximum absolute atomic E-state index is 11.9. The Kier molecular flexibility index (Phi) is 7.00. The van der Waals surface area contributed by atoms with Gasteiger partial charge < -0.3 is 26.6 Å². The fourth-order valence-corrected chi connectivity index (χ4v) is 1.72. The van der Waals surface area contributed by atoms with E-state index < -0.39 is 5.91 Å². The van der Waals surface area contributed by atoms with E-state index in [0.29, 0.717) is 12.4 Å². The van der Waals surface area contributed by atoms with Crippen LogP contribution in [-0.4, -0.2) is 55.6 Å². The van der Waals surface area contributed by atoms with Gasteiger partial charge in [-0.25, -0.2) is 14.8 Å². The number of rotatable bonds is 6. The quantitative estimate of drug-likeness (QED) is 0.243. The third-order valence-electron chi connectivity index (χ3n) is 2.45. The number of halogens is 1. The van der Waals surface area contributed by atoms with E-state index in [9.17, 15) is 9.59 Å². The molecule has 0 aromatic carbocycles. The summed E-state index contributed by atoms with van der Waals surface area (Å²) >= 11 is 5.94. The second-order valence-electron chi connectivity index (χ2n) is 4.45. The number of aromatic nitrogens is 2. The number of nitrogen functional groups attached to an aromatic ring is 1. The van der Waals surface area contributed by atoms with Crippen molar-refractivity contribution in [3.8, 4) is 0 Å². The van der Waals surface area contributed by atoms with Crippen molar-refractivity contribution in [2.45, 2.75) is 6.92 Å². The highest BCUT2D eigenvalue weighted by Gasteiger charge is 2.16. The molecular weight excluding hydrogens is 324 g/mol. The molecule has 5 N–H and O–H groups in total. The molecule has 0 aliphatic rings. The van der Waals surface area contributed by atoms with Crippen LogP contribution in [-0.2, 0) is 0 Å². The first kappa shape index (κ1) is 18.4. The lowest BCUT2D eigenvalue weighted by atomic mass is 10.4. The van der Waals surface area contributed by atoms with Gasteiger partial charge in [-0.2, -0.15) is 4.99 Å². The Morgan fingerprint density at radius 1 is 1.35 bits per heavy atom. The van der Waals surface area contributed by atoms with E-state index in [-0.39, 0.29) is 29.4 Å². The van der Waals surface area contributed by atoms with Gasteiger partial charge in [-0.05, 0) is 6.92 Å². The van der Waals surface area contributed by atoms with E-state index in [4.69, 9.17) is 17.3 Å². The fourth-order valence-electron chi connectivity index (χ4n) is 1.43. The zero-order chi connectivity index (χ0) is 17.4. The van der Waals surface area contributed by atoms with Crippen LogP contribution < -0.4 is 26.6 Å². The number of anilines is 2. The van der Waals surface area contributed by atoms with Crippen LogP contribution in [0.2, 0.25) is 5.15 Å². The molecule has 1 rings (SSSR count). The molecule has 0 aliphatic carbocycles. The first-order chi connectivity index (χ1) is 10.9. The molecule has 126 valence electrons. The van der Waals surface area contributed by atoms with E-state index >= 15 is 0 Å². The molecule has 10 nitrogen and oxygen atoms in total. The number of nitrogens with two attached hydrogens (primary N) is 1. The Labute approximate surface area is 138 Å². The zero-order valence-electron chi connectivity index (χ0n) is 13.1. The lowest BCUT2D eigenvalue weighted by Gasteiger charge is -2.13. The van der Waals surface area contributed by atoms with E-state index in [1.807, 2.05) is 0 Å². The molecule has 0 radical (unpaired) electrons. The number of nitrogens with zero attached hydrogens (tertiary/aromatic N) is 4. The summed E-state index contributed by atoms with van der Waals surface area (Å²) in [5.74, 6) is -0.414. The minimum absolute atomic E-state index is 0.0496. The Balaban J connectivity index is 2.63. The molecular formula is C12H19ClN8O2. The molecule has 0 unspecified atom stereocenters. The molecule has 0 spiro atoms. The molecule has 0 aliphatic heterocycles. The van der Waals surface area contributed by atoms with Gasteiger partial charge in [-0.3, -0.25) is 4.79 Å². The zero-order valence-corrected chi connectivity index (χ0v) is 13.8.